The predicted octanol–water partition coefficient (Wildman–Crippen LogP) is 3.60. The number of rotatable bonds is 5. The smallest absolute Gasteiger partial charge is 0.142 e. The summed E-state index contributed by atoms with van der Waals surface area (Å²) in [6.45, 7) is 6.47. The molecule has 1 unspecified atom stereocenters. The lowest BCUT2D eigenvalue weighted by Crippen LogP contribution is -2.15. The van der Waals surface area contributed by atoms with E-state index >= 15 is 0 Å². The highest BCUT2D eigenvalue weighted by Crippen LogP contribution is 2.26. The van der Waals surface area contributed by atoms with Crippen molar-refractivity contribution in [2.45, 2.75) is 39.7 Å². The molecule has 1 atom stereocenters. The number of aryl methyl sites for hydroxylation is 1. The van der Waals surface area contributed by atoms with Crippen LogP contribution in [0.4, 0.5) is 5.69 Å². The Morgan fingerprint density at radius 1 is 1.40 bits per heavy atom. The number of anilines is 1. The Kier molecular flexibility index (Phi) is 4.47. The highest BCUT2D eigenvalue weighted by molar-refractivity contribution is 5.58. The molecule has 0 amide bonds. The van der Waals surface area contributed by atoms with Gasteiger partial charge in [0.15, 0.2) is 0 Å². The molecule has 1 aromatic carbocycles. The van der Waals surface area contributed by atoms with Gasteiger partial charge in [-0.15, -0.1) is 0 Å². The normalized spacial score (nSPS) is 12.3. The second-order valence-corrected chi connectivity index (χ2v) is 4.04. The van der Waals surface area contributed by atoms with E-state index in [9.17, 15) is 0 Å². The Hall–Kier alpha value is -1.18. The summed E-state index contributed by atoms with van der Waals surface area (Å²) in [5.74, 6) is 0.929. The molecule has 0 aliphatic rings. The molecule has 0 spiro atoms. The minimum atomic E-state index is 0.492. The first-order chi connectivity index (χ1) is 7.17. The van der Waals surface area contributed by atoms with Crippen LogP contribution in [0.15, 0.2) is 18.2 Å². The van der Waals surface area contributed by atoms with E-state index in [1.54, 1.807) is 7.11 Å². The standard InChI is InChI=1S/C13H21NO/c1-5-6-11(3)14-12-8-7-10(2)9-13(12)15-4/h7-9,11,14H,5-6H2,1-4H3. The third-order valence-corrected chi connectivity index (χ3v) is 2.48. The van der Waals surface area contributed by atoms with E-state index in [-0.39, 0.29) is 0 Å². The van der Waals surface area contributed by atoms with Crippen molar-refractivity contribution < 1.29 is 4.74 Å². The maximum Gasteiger partial charge on any atom is 0.142 e. The van der Waals surface area contributed by atoms with Crippen molar-refractivity contribution in [3.05, 3.63) is 23.8 Å². The Labute approximate surface area is 92.6 Å². The van der Waals surface area contributed by atoms with Crippen molar-refractivity contribution in [3.63, 3.8) is 0 Å². The van der Waals surface area contributed by atoms with Gasteiger partial charge in [0.05, 0.1) is 12.8 Å². The summed E-state index contributed by atoms with van der Waals surface area (Å²) in [5.41, 5.74) is 2.31. The quantitative estimate of drug-likeness (QED) is 0.796. The van der Waals surface area contributed by atoms with Crippen molar-refractivity contribution in [3.8, 4) is 5.75 Å². The number of hydrogen-bond donors (Lipinski definition) is 1. The lowest BCUT2D eigenvalue weighted by molar-refractivity contribution is 0.415. The first-order valence-corrected chi connectivity index (χ1v) is 5.58. The summed E-state index contributed by atoms with van der Waals surface area (Å²) < 4.78 is 5.34. The summed E-state index contributed by atoms with van der Waals surface area (Å²) in [6.07, 6.45) is 2.37. The van der Waals surface area contributed by atoms with Gasteiger partial charge in [0.25, 0.3) is 0 Å². The number of hydrogen-bond acceptors (Lipinski definition) is 2. The van der Waals surface area contributed by atoms with Crippen LogP contribution in [-0.4, -0.2) is 13.2 Å². The van der Waals surface area contributed by atoms with Crippen molar-refractivity contribution in [2.24, 2.45) is 0 Å². The molecule has 0 saturated heterocycles. The Balaban J connectivity index is 2.75. The van der Waals surface area contributed by atoms with E-state index in [0.717, 1.165) is 11.4 Å². The Morgan fingerprint density at radius 3 is 2.73 bits per heavy atom. The zero-order valence-electron chi connectivity index (χ0n) is 10.1. The maximum atomic E-state index is 5.34. The van der Waals surface area contributed by atoms with Crippen molar-refractivity contribution in [1.29, 1.82) is 0 Å². The first-order valence-electron chi connectivity index (χ1n) is 5.58. The summed E-state index contributed by atoms with van der Waals surface area (Å²) in [6, 6.07) is 6.73. The van der Waals surface area contributed by atoms with Gasteiger partial charge >= 0.3 is 0 Å². The lowest BCUT2D eigenvalue weighted by atomic mass is 10.1. The molecular formula is C13H21NO. The molecule has 15 heavy (non-hydrogen) atoms. The van der Waals surface area contributed by atoms with E-state index < -0.39 is 0 Å². The minimum absolute atomic E-state index is 0.492. The van der Waals surface area contributed by atoms with E-state index in [1.807, 2.05) is 0 Å². The molecule has 2 heteroatoms. The molecule has 2 nitrogen and oxygen atoms in total. The summed E-state index contributed by atoms with van der Waals surface area (Å²) in [7, 11) is 1.71. The van der Waals surface area contributed by atoms with Crippen molar-refractivity contribution in [2.75, 3.05) is 12.4 Å². The van der Waals surface area contributed by atoms with Crippen LogP contribution in [0.25, 0.3) is 0 Å². The fourth-order valence-corrected chi connectivity index (χ4v) is 1.69. The first kappa shape index (κ1) is 11.9. The number of ether oxygens (including phenoxy) is 1. The molecule has 0 heterocycles. The summed E-state index contributed by atoms with van der Waals surface area (Å²) >= 11 is 0. The second kappa shape index (κ2) is 5.64. The Bertz CT molecular complexity index is 309. The highest BCUT2D eigenvalue weighted by atomic mass is 16.5. The van der Waals surface area contributed by atoms with E-state index in [1.165, 1.54) is 18.4 Å². The van der Waals surface area contributed by atoms with Gasteiger partial charge < -0.3 is 10.1 Å². The number of nitrogens with one attached hydrogen (secondary N) is 1. The fourth-order valence-electron chi connectivity index (χ4n) is 1.69. The third kappa shape index (κ3) is 3.46. The number of methoxy groups -OCH3 is 1. The van der Waals surface area contributed by atoms with Gasteiger partial charge in [-0.1, -0.05) is 19.4 Å². The van der Waals surface area contributed by atoms with Gasteiger partial charge in [0.2, 0.25) is 0 Å². The van der Waals surface area contributed by atoms with Crippen LogP contribution in [-0.2, 0) is 0 Å². The maximum absolute atomic E-state index is 5.34. The average Bonchev–Trinajstić information content (AvgIpc) is 2.21. The van der Waals surface area contributed by atoms with E-state index in [0.29, 0.717) is 6.04 Å². The molecule has 0 radical (unpaired) electrons. The molecule has 0 saturated carbocycles. The molecule has 1 N–H and O–H groups in total. The minimum Gasteiger partial charge on any atom is -0.495 e. The topological polar surface area (TPSA) is 21.3 Å². The summed E-state index contributed by atoms with van der Waals surface area (Å²) in [5, 5.41) is 3.46. The van der Waals surface area contributed by atoms with Crippen LogP contribution in [0.1, 0.15) is 32.3 Å². The molecule has 84 valence electrons. The monoisotopic (exact) mass is 207 g/mol. The van der Waals surface area contributed by atoms with Crippen LogP contribution in [0, 0.1) is 6.92 Å². The van der Waals surface area contributed by atoms with E-state index in [2.05, 4.69) is 44.3 Å². The third-order valence-electron chi connectivity index (χ3n) is 2.48. The zero-order chi connectivity index (χ0) is 11.3. The molecule has 0 aliphatic heterocycles. The predicted molar refractivity (Wildman–Crippen MR) is 65.7 cm³/mol. The van der Waals surface area contributed by atoms with Gasteiger partial charge in [-0.2, -0.15) is 0 Å². The van der Waals surface area contributed by atoms with Gasteiger partial charge in [0.1, 0.15) is 5.75 Å². The largest absolute Gasteiger partial charge is 0.495 e. The SMILES string of the molecule is CCCC(C)Nc1ccc(C)cc1OC. The van der Waals surface area contributed by atoms with Gasteiger partial charge in [-0.3, -0.25) is 0 Å². The molecule has 1 rings (SSSR count). The van der Waals surface area contributed by atoms with Crippen molar-refractivity contribution in [1.82, 2.24) is 0 Å². The Morgan fingerprint density at radius 2 is 2.13 bits per heavy atom. The molecular weight excluding hydrogens is 186 g/mol. The van der Waals surface area contributed by atoms with Crippen LogP contribution in [0.3, 0.4) is 0 Å². The highest BCUT2D eigenvalue weighted by Gasteiger charge is 2.05. The van der Waals surface area contributed by atoms with Crippen molar-refractivity contribution >= 4 is 5.69 Å². The van der Waals surface area contributed by atoms with Crippen LogP contribution >= 0.6 is 0 Å². The van der Waals surface area contributed by atoms with Gasteiger partial charge in [-0.05, 0) is 38.0 Å². The molecule has 0 bridgehead atoms. The van der Waals surface area contributed by atoms with Gasteiger partial charge in [0, 0.05) is 6.04 Å². The zero-order valence-corrected chi connectivity index (χ0v) is 10.1. The second-order valence-electron chi connectivity index (χ2n) is 4.04. The molecule has 0 aliphatic carbocycles. The van der Waals surface area contributed by atoms with Gasteiger partial charge in [-0.25, -0.2) is 0 Å². The lowest BCUT2D eigenvalue weighted by Gasteiger charge is -2.17. The summed E-state index contributed by atoms with van der Waals surface area (Å²) in [4.78, 5) is 0. The average molecular weight is 207 g/mol. The molecule has 0 fully saturated rings. The molecule has 1 aromatic rings. The van der Waals surface area contributed by atoms with Crippen LogP contribution in [0.2, 0.25) is 0 Å². The van der Waals surface area contributed by atoms with Crippen LogP contribution in [0.5, 0.6) is 5.75 Å². The molecule has 0 aromatic heterocycles. The fraction of sp³-hybridized carbons (Fsp3) is 0.538. The number of benzene rings is 1. The van der Waals surface area contributed by atoms with Crippen LogP contribution < -0.4 is 10.1 Å². The van der Waals surface area contributed by atoms with E-state index in [4.69, 9.17) is 4.74 Å².